The average Bonchev–Trinajstić information content (AvgIpc) is 3.04. The molecule has 6 heteroatoms. The minimum Gasteiger partial charge on any atom is -0.342 e. The summed E-state index contributed by atoms with van der Waals surface area (Å²) < 4.78 is 0. The summed E-state index contributed by atoms with van der Waals surface area (Å²) in [6.45, 7) is 31.4. The van der Waals surface area contributed by atoms with E-state index in [0.29, 0.717) is 6.42 Å². The fourth-order valence-electron chi connectivity index (χ4n) is 4.85. The first-order chi connectivity index (χ1) is 21.9. The van der Waals surface area contributed by atoms with Crippen molar-refractivity contribution in [1.82, 2.24) is 0 Å². The molecular formula is C40H60N6. The number of benzene rings is 3. The molecule has 0 heterocycles. The molecule has 0 aliphatic heterocycles. The van der Waals surface area contributed by atoms with Crippen LogP contribution in [0.1, 0.15) is 70.7 Å². The third kappa shape index (κ3) is 13.7. The summed E-state index contributed by atoms with van der Waals surface area (Å²) in [6, 6.07) is 17.6. The van der Waals surface area contributed by atoms with E-state index in [4.69, 9.17) is 0 Å². The van der Waals surface area contributed by atoms with Crippen molar-refractivity contribution in [2.24, 2.45) is 21.5 Å². The number of terminal acetylenes is 1. The Morgan fingerprint density at radius 1 is 0.935 bits per heavy atom. The highest BCUT2D eigenvalue weighted by atomic mass is 15.1. The molecule has 0 aromatic heterocycles. The van der Waals surface area contributed by atoms with Crippen LogP contribution in [-0.2, 0) is 18.3 Å². The van der Waals surface area contributed by atoms with Crippen molar-refractivity contribution in [1.29, 1.82) is 0 Å². The monoisotopic (exact) mass is 624 g/mol. The third-order valence-electron chi connectivity index (χ3n) is 6.69. The molecule has 0 bridgehead atoms. The normalized spacial score (nSPS) is 10.8. The van der Waals surface area contributed by atoms with Gasteiger partial charge < -0.3 is 22.1 Å². The molecule has 46 heavy (non-hydrogen) atoms. The second kappa shape index (κ2) is 23.0. The number of hydrogen-bond acceptors (Lipinski definition) is 6. The summed E-state index contributed by atoms with van der Waals surface area (Å²) in [4.78, 5) is 8.91. The predicted octanol–water partition coefficient (Wildman–Crippen LogP) is 9.20. The van der Waals surface area contributed by atoms with Gasteiger partial charge in [0.15, 0.2) is 0 Å². The SMILES string of the molecule is C#C.C=C.C=N/C(=C\C(C)=NC(C)C)Cc1ccc(NC(=C)Nc2cc(C(C)(C)C)cc(C)c2CC)c2ccccc12.CN.CN. The first-order valence-electron chi connectivity index (χ1n) is 15.5. The van der Waals surface area contributed by atoms with Gasteiger partial charge in [-0.05, 0) is 106 Å². The van der Waals surface area contributed by atoms with Gasteiger partial charge in [-0.1, -0.05) is 70.7 Å². The molecule has 0 unspecified atom stereocenters. The second-order valence-corrected chi connectivity index (χ2v) is 11.3. The molecule has 6 N–H and O–H groups in total. The van der Waals surface area contributed by atoms with Crippen LogP contribution in [-0.4, -0.2) is 32.6 Å². The molecule has 3 rings (SSSR count). The van der Waals surface area contributed by atoms with E-state index in [-0.39, 0.29) is 11.5 Å². The summed E-state index contributed by atoms with van der Waals surface area (Å²) in [6.07, 6.45) is 11.7. The van der Waals surface area contributed by atoms with E-state index >= 15 is 0 Å². The number of aliphatic imine (C=N–C) groups is 2. The van der Waals surface area contributed by atoms with E-state index in [0.717, 1.165) is 40.4 Å². The summed E-state index contributed by atoms with van der Waals surface area (Å²) in [5, 5.41) is 9.42. The van der Waals surface area contributed by atoms with Crippen LogP contribution >= 0.6 is 0 Å². The molecular weight excluding hydrogens is 564 g/mol. The minimum absolute atomic E-state index is 0.0705. The lowest BCUT2D eigenvalue weighted by Gasteiger charge is -2.24. The lowest BCUT2D eigenvalue weighted by molar-refractivity contribution is 0.589. The van der Waals surface area contributed by atoms with Gasteiger partial charge in [-0.3, -0.25) is 9.98 Å². The number of hydrogen-bond donors (Lipinski definition) is 4. The molecule has 0 spiro atoms. The Morgan fingerprint density at radius 3 is 1.98 bits per heavy atom. The molecule has 0 fully saturated rings. The highest BCUT2D eigenvalue weighted by Crippen LogP contribution is 2.32. The molecule has 3 aromatic carbocycles. The van der Waals surface area contributed by atoms with Crippen LogP contribution in [0.15, 0.2) is 95.8 Å². The van der Waals surface area contributed by atoms with Crippen LogP contribution in [0.2, 0.25) is 0 Å². The number of allylic oxidation sites excluding steroid dienone is 2. The first kappa shape index (κ1) is 43.7. The number of fused-ring (bicyclic) bond motifs is 1. The first-order valence-corrected chi connectivity index (χ1v) is 15.5. The maximum atomic E-state index is 4.61. The standard InChI is InChI=1S/C34H44N4.C2H4.C2H2.2CH5N/c1-11-29-23(4)18-27(34(7,8)9)21-33(29)38-25(6)37-32-17-16-26(30-14-12-13-15-31(30)32)20-28(35-10)19-24(5)36-22(2)3;4*1-2/h12-19,21-22,37-38H,6,10-11,20H2,1-5,7-9H3;1-2H2;1-2H;2*2H2,1H3/b28-19-,36-24?;;;;. The van der Waals surface area contributed by atoms with Crippen molar-refractivity contribution in [3.63, 3.8) is 0 Å². The van der Waals surface area contributed by atoms with E-state index in [1.54, 1.807) is 0 Å². The van der Waals surface area contributed by atoms with Gasteiger partial charge in [0.2, 0.25) is 0 Å². The Morgan fingerprint density at radius 2 is 1.48 bits per heavy atom. The van der Waals surface area contributed by atoms with Crippen LogP contribution in [0.5, 0.6) is 0 Å². The Bertz CT molecular complexity index is 1450. The topological polar surface area (TPSA) is 101 Å². The molecule has 0 radical (unpaired) electrons. The van der Waals surface area contributed by atoms with Crippen molar-refractivity contribution in [2.45, 2.75) is 79.7 Å². The summed E-state index contributed by atoms with van der Waals surface area (Å²) in [5.74, 6) is 0.747. The molecule has 0 aliphatic rings. The molecule has 0 aliphatic carbocycles. The zero-order chi connectivity index (χ0) is 36.0. The lowest BCUT2D eigenvalue weighted by atomic mass is 9.84. The van der Waals surface area contributed by atoms with E-state index in [2.05, 4.69) is 168 Å². The number of rotatable bonds is 10. The van der Waals surface area contributed by atoms with Crippen molar-refractivity contribution in [3.8, 4) is 12.8 Å². The van der Waals surface area contributed by atoms with E-state index in [1.807, 2.05) is 13.0 Å². The van der Waals surface area contributed by atoms with E-state index in [1.165, 1.54) is 41.7 Å². The number of anilines is 2. The fourth-order valence-corrected chi connectivity index (χ4v) is 4.85. The van der Waals surface area contributed by atoms with Gasteiger partial charge in [0.1, 0.15) is 5.82 Å². The zero-order valence-corrected chi connectivity index (χ0v) is 30.2. The number of nitrogens with one attached hydrogen (secondary N) is 2. The average molecular weight is 625 g/mol. The van der Waals surface area contributed by atoms with Crippen molar-refractivity contribution >= 4 is 34.6 Å². The molecule has 0 amide bonds. The predicted molar refractivity (Wildman–Crippen MR) is 211 cm³/mol. The van der Waals surface area contributed by atoms with Crippen molar-refractivity contribution in [2.75, 3.05) is 24.7 Å². The van der Waals surface area contributed by atoms with Gasteiger partial charge in [-0.15, -0.1) is 26.0 Å². The molecule has 3 aromatic rings. The highest BCUT2D eigenvalue weighted by Gasteiger charge is 2.18. The lowest BCUT2D eigenvalue weighted by Crippen LogP contribution is -2.15. The minimum atomic E-state index is 0.0705. The quantitative estimate of drug-likeness (QED) is 0.103. The van der Waals surface area contributed by atoms with Crippen LogP contribution < -0.4 is 22.1 Å². The van der Waals surface area contributed by atoms with Gasteiger partial charge in [0.25, 0.3) is 0 Å². The maximum Gasteiger partial charge on any atom is 0.100 e. The van der Waals surface area contributed by atoms with Crippen LogP contribution in [0.3, 0.4) is 0 Å². The summed E-state index contributed by atoms with van der Waals surface area (Å²) >= 11 is 0. The summed E-state index contributed by atoms with van der Waals surface area (Å²) in [7, 11) is 3.00. The van der Waals surface area contributed by atoms with E-state index in [9.17, 15) is 0 Å². The maximum absolute atomic E-state index is 4.61. The van der Waals surface area contributed by atoms with Gasteiger partial charge in [-0.2, -0.15) is 0 Å². The van der Waals surface area contributed by atoms with Gasteiger partial charge >= 0.3 is 0 Å². The Labute approximate surface area is 280 Å². The van der Waals surface area contributed by atoms with E-state index < -0.39 is 0 Å². The van der Waals surface area contributed by atoms with Gasteiger partial charge in [0, 0.05) is 40.6 Å². The number of nitrogens with two attached hydrogens (primary N) is 2. The zero-order valence-electron chi connectivity index (χ0n) is 30.2. The molecule has 0 saturated heterocycles. The van der Waals surface area contributed by atoms with Crippen LogP contribution in [0.4, 0.5) is 11.4 Å². The Hall–Kier alpha value is -4.44. The smallest absolute Gasteiger partial charge is 0.100 e. The molecule has 0 saturated carbocycles. The molecule has 6 nitrogen and oxygen atoms in total. The Kier molecular flexibility index (Phi) is 21.8. The van der Waals surface area contributed by atoms with Crippen LogP contribution in [0.25, 0.3) is 10.8 Å². The van der Waals surface area contributed by atoms with Crippen molar-refractivity contribution in [3.05, 3.63) is 108 Å². The second-order valence-electron chi connectivity index (χ2n) is 11.3. The Balaban J connectivity index is 0. The van der Waals surface area contributed by atoms with Crippen molar-refractivity contribution < 1.29 is 0 Å². The third-order valence-corrected chi connectivity index (χ3v) is 6.69. The van der Waals surface area contributed by atoms with Gasteiger partial charge in [-0.25, -0.2) is 0 Å². The highest BCUT2D eigenvalue weighted by molar-refractivity contribution is 5.97. The number of aryl methyl sites for hydroxylation is 1. The van der Waals surface area contributed by atoms with Crippen LogP contribution in [0, 0.1) is 19.8 Å². The van der Waals surface area contributed by atoms with Gasteiger partial charge in [0.05, 0.1) is 0 Å². The largest absolute Gasteiger partial charge is 0.342 e. The fraction of sp³-hybridized carbons (Fsp3) is 0.350. The molecule has 250 valence electrons. The summed E-state index contributed by atoms with van der Waals surface area (Å²) in [5.41, 5.74) is 18.2. The number of nitrogens with zero attached hydrogens (tertiary/aromatic N) is 2. The molecule has 0 atom stereocenters.